The summed E-state index contributed by atoms with van der Waals surface area (Å²) in [5, 5.41) is 7.63. The molecule has 0 atom stereocenters. The molecule has 0 spiro atoms. The Bertz CT molecular complexity index is 1870. The number of hydrogen-bond acceptors (Lipinski definition) is 6. The molecule has 6 rings (SSSR count). The Hall–Kier alpha value is -2.88. The van der Waals surface area contributed by atoms with E-state index in [9.17, 15) is 13.2 Å². The van der Waals surface area contributed by atoms with Gasteiger partial charge in [0.2, 0.25) is 10.0 Å². The van der Waals surface area contributed by atoms with Crippen LogP contribution in [-0.2, 0) is 16.6 Å². The quantitative estimate of drug-likeness (QED) is 0.202. The average molecular weight is 689 g/mol. The number of amides is 1. The van der Waals surface area contributed by atoms with Gasteiger partial charge >= 0.3 is 0 Å². The van der Waals surface area contributed by atoms with Gasteiger partial charge in [-0.05, 0) is 80.3 Å². The number of nitrogens with zero attached hydrogens (tertiary/aromatic N) is 3. The fourth-order valence-corrected chi connectivity index (χ4v) is 7.82. The second kappa shape index (κ2) is 13.2. The van der Waals surface area contributed by atoms with Crippen molar-refractivity contribution in [3.05, 3.63) is 91.4 Å². The molecular weight excluding hydrogens is 661 g/mol. The molecule has 2 aliphatic rings. The third-order valence-electron chi connectivity index (χ3n) is 7.38. The maximum Gasteiger partial charge on any atom is 0.286 e. The summed E-state index contributed by atoms with van der Waals surface area (Å²) >= 11 is 20.3. The first kappa shape index (κ1) is 31.1. The Morgan fingerprint density at radius 2 is 1.68 bits per heavy atom. The number of nitrogens with one attached hydrogen (secondary N) is 2. The van der Waals surface area contributed by atoms with Crippen LogP contribution in [-0.4, -0.2) is 47.5 Å². The molecule has 2 fully saturated rings. The largest absolute Gasteiger partial charge is 0.286 e. The Kier molecular flexibility index (Phi) is 9.36. The summed E-state index contributed by atoms with van der Waals surface area (Å²) in [6, 6.07) is 16.0. The Morgan fingerprint density at radius 3 is 2.39 bits per heavy atom. The Labute approximate surface area is 275 Å². The van der Waals surface area contributed by atoms with Crippen LogP contribution >= 0.6 is 46.1 Å². The van der Waals surface area contributed by atoms with Gasteiger partial charge in [0.1, 0.15) is 0 Å². The van der Waals surface area contributed by atoms with Crippen molar-refractivity contribution in [3.8, 4) is 28.1 Å². The monoisotopic (exact) mass is 687 g/mol. The fourth-order valence-electron chi connectivity index (χ4n) is 4.95. The summed E-state index contributed by atoms with van der Waals surface area (Å²) in [6.45, 7) is 1.34. The predicted molar refractivity (Wildman–Crippen MR) is 176 cm³/mol. The molecule has 2 aromatic carbocycles. The summed E-state index contributed by atoms with van der Waals surface area (Å²) in [5.74, 6) is 5.91. The number of aromatic nitrogens is 2. The number of halogens is 3. The van der Waals surface area contributed by atoms with Crippen LogP contribution in [0.3, 0.4) is 0 Å². The van der Waals surface area contributed by atoms with E-state index >= 15 is 0 Å². The zero-order valence-electron chi connectivity index (χ0n) is 23.4. The van der Waals surface area contributed by atoms with E-state index in [0.29, 0.717) is 44.9 Å². The van der Waals surface area contributed by atoms with Gasteiger partial charge in [0.05, 0.1) is 31.4 Å². The van der Waals surface area contributed by atoms with Crippen molar-refractivity contribution in [2.24, 2.45) is 0 Å². The highest BCUT2D eigenvalue weighted by atomic mass is 35.5. The molecule has 3 heterocycles. The van der Waals surface area contributed by atoms with Gasteiger partial charge in [-0.25, -0.2) is 22.8 Å². The maximum absolute atomic E-state index is 13.8. The van der Waals surface area contributed by atoms with Gasteiger partial charge in [-0.2, -0.15) is 5.10 Å². The highest BCUT2D eigenvalue weighted by Gasteiger charge is 2.36. The van der Waals surface area contributed by atoms with Crippen molar-refractivity contribution in [3.63, 3.8) is 0 Å². The minimum atomic E-state index is -3.56. The number of carbonyl (C=O) groups excluding carboxylic acids is 1. The third kappa shape index (κ3) is 7.16. The molecule has 1 saturated carbocycles. The second-order valence-corrected chi connectivity index (χ2v) is 15.1. The minimum absolute atomic E-state index is 0.109. The van der Waals surface area contributed by atoms with Crippen LogP contribution in [0, 0.1) is 11.8 Å². The van der Waals surface area contributed by atoms with Crippen molar-refractivity contribution in [1.29, 1.82) is 0 Å². The molecular formula is C31H28Cl3N5O3S2. The van der Waals surface area contributed by atoms with Crippen molar-refractivity contribution in [2.75, 3.05) is 13.1 Å². The van der Waals surface area contributed by atoms with Gasteiger partial charge in [-0.15, -0.1) is 11.3 Å². The summed E-state index contributed by atoms with van der Waals surface area (Å²) in [6.07, 6.45) is 4.29. The van der Waals surface area contributed by atoms with E-state index < -0.39 is 21.2 Å². The zero-order valence-corrected chi connectivity index (χ0v) is 27.3. The smallest absolute Gasteiger partial charge is 0.283 e. The van der Waals surface area contributed by atoms with E-state index in [1.54, 1.807) is 35.0 Å². The van der Waals surface area contributed by atoms with Crippen molar-refractivity contribution < 1.29 is 13.2 Å². The van der Waals surface area contributed by atoms with Crippen molar-refractivity contribution >= 4 is 62.1 Å². The van der Waals surface area contributed by atoms with Gasteiger partial charge in [-0.1, -0.05) is 53.1 Å². The van der Waals surface area contributed by atoms with E-state index in [0.717, 1.165) is 47.7 Å². The lowest BCUT2D eigenvalue weighted by atomic mass is 10.1. The van der Waals surface area contributed by atoms with Crippen LogP contribution in [0.1, 0.15) is 58.6 Å². The molecule has 0 bridgehead atoms. The molecule has 228 valence electrons. The molecule has 1 aliphatic carbocycles. The molecule has 4 aromatic rings. The van der Waals surface area contributed by atoms with Crippen molar-refractivity contribution in [2.45, 2.75) is 43.9 Å². The number of piperidine rings is 1. The molecule has 1 saturated heterocycles. The molecule has 0 radical (unpaired) electrons. The first-order valence-electron chi connectivity index (χ1n) is 14.2. The molecule has 1 amide bonds. The first-order chi connectivity index (χ1) is 21.2. The number of benzene rings is 2. The van der Waals surface area contributed by atoms with Crippen LogP contribution in [0.5, 0.6) is 0 Å². The van der Waals surface area contributed by atoms with Crippen LogP contribution in [0.15, 0.2) is 54.6 Å². The number of hydrazine groups is 1. The van der Waals surface area contributed by atoms with Crippen LogP contribution in [0.2, 0.25) is 15.1 Å². The SMILES string of the molecule is O=C(NN1CCCCC1)c1nn(-c2ccc(Cl)cc2Cl)c(-c2ccc(C#Cc3ccc(Cl)cc3)s2)c1CNS(=O)(=O)C1CC1. The van der Waals surface area contributed by atoms with Crippen molar-refractivity contribution in [1.82, 2.24) is 24.9 Å². The van der Waals surface area contributed by atoms with Crippen LogP contribution in [0.4, 0.5) is 0 Å². The number of sulfonamides is 1. The standard InChI is InChI=1S/C31H28Cl3N5O3S2/c32-21-7-4-20(5-8-21)6-10-23-11-15-28(43-23)30-25(19-35-44(41,42)24-12-13-24)29(31(40)37-38-16-2-1-3-17-38)36-39(30)27-14-9-22(33)18-26(27)34/h4-5,7-9,11,14-15,18,24,35H,1-3,12-13,16-17,19H2,(H,37,40). The number of rotatable bonds is 8. The normalized spacial score (nSPS) is 15.5. The van der Waals surface area contributed by atoms with E-state index in [-0.39, 0.29) is 12.2 Å². The molecule has 8 nitrogen and oxygen atoms in total. The lowest BCUT2D eigenvalue weighted by molar-refractivity contribution is 0.0743. The fraction of sp³-hybridized carbons (Fsp3) is 0.290. The van der Waals surface area contributed by atoms with Gasteiger partial charge in [0.15, 0.2) is 5.69 Å². The highest BCUT2D eigenvalue weighted by molar-refractivity contribution is 7.90. The Balaban J connectivity index is 1.46. The maximum atomic E-state index is 13.8. The van der Waals surface area contributed by atoms with Gasteiger partial charge in [0.25, 0.3) is 5.91 Å². The summed E-state index contributed by atoms with van der Waals surface area (Å²) in [5.41, 5.74) is 5.38. The second-order valence-electron chi connectivity index (χ2n) is 10.7. The third-order valence-corrected chi connectivity index (χ3v) is 11.1. The van der Waals surface area contributed by atoms with E-state index in [1.165, 1.54) is 11.3 Å². The number of hydrogen-bond donors (Lipinski definition) is 2. The van der Waals surface area contributed by atoms with E-state index in [4.69, 9.17) is 39.9 Å². The number of carbonyl (C=O) groups is 1. The molecule has 1 aliphatic heterocycles. The number of thiophene rings is 1. The lowest BCUT2D eigenvalue weighted by Gasteiger charge is -2.26. The topological polar surface area (TPSA) is 96.3 Å². The summed E-state index contributed by atoms with van der Waals surface area (Å²) in [4.78, 5) is 15.3. The molecule has 2 aromatic heterocycles. The highest BCUT2D eigenvalue weighted by Crippen LogP contribution is 2.37. The lowest BCUT2D eigenvalue weighted by Crippen LogP contribution is -2.45. The summed E-state index contributed by atoms with van der Waals surface area (Å²) in [7, 11) is -3.56. The van der Waals surface area contributed by atoms with Crippen LogP contribution in [0.25, 0.3) is 16.3 Å². The Morgan fingerprint density at radius 1 is 0.955 bits per heavy atom. The van der Waals surface area contributed by atoms with E-state index in [2.05, 4.69) is 22.0 Å². The zero-order chi connectivity index (χ0) is 30.8. The predicted octanol–water partition coefficient (Wildman–Crippen LogP) is 6.67. The molecule has 13 heteroatoms. The molecule has 2 N–H and O–H groups in total. The van der Waals surface area contributed by atoms with Gasteiger partial charge < -0.3 is 0 Å². The van der Waals surface area contributed by atoms with Crippen LogP contribution < -0.4 is 10.1 Å². The molecule has 44 heavy (non-hydrogen) atoms. The van der Waals surface area contributed by atoms with Gasteiger partial charge in [-0.3, -0.25) is 10.2 Å². The first-order valence-corrected chi connectivity index (χ1v) is 17.7. The minimum Gasteiger partial charge on any atom is -0.283 e. The summed E-state index contributed by atoms with van der Waals surface area (Å²) < 4.78 is 30.2. The molecule has 0 unspecified atom stereocenters. The average Bonchev–Trinajstić information content (AvgIpc) is 3.66. The van der Waals surface area contributed by atoms with E-state index in [1.807, 2.05) is 29.3 Å². The van der Waals surface area contributed by atoms with Gasteiger partial charge in [0, 0.05) is 40.8 Å².